The molecular formula is C9H16FNO. The van der Waals surface area contributed by atoms with Gasteiger partial charge in [-0.2, -0.15) is 0 Å². The Bertz CT molecular complexity index is 159. The lowest BCUT2D eigenvalue weighted by Gasteiger charge is -2.30. The SMILES string of the molecule is CC(=O)C1CCCN(CCF)C1. The molecule has 0 spiro atoms. The molecule has 1 heterocycles. The summed E-state index contributed by atoms with van der Waals surface area (Å²) < 4.78 is 12.0. The summed E-state index contributed by atoms with van der Waals surface area (Å²) in [5.41, 5.74) is 0. The van der Waals surface area contributed by atoms with Crippen LogP contribution in [-0.2, 0) is 4.79 Å². The second-order valence-corrected chi connectivity index (χ2v) is 3.44. The molecule has 0 aliphatic carbocycles. The number of hydrogen-bond acceptors (Lipinski definition) is 2. The average molecular weight is 173 g/mol. The number of piperidine rings is 1. The summed E-state index contributed by atoms with van der Waals surface area (Å²) in [6.07, 6.45) is 2.02. The molecule has 12 heavy (non-hydrogen) atoms. The summed E-state index contributed by atoms with van der Waals surface area (Å²) in [7, 11) is 0. The zero-order chi connectivity index (χ0) is 8.97. The predicted molar refractivity (Wildman–Crippen MR) is 45.8 cm³/mol. The van der Waals surface area contributed by atoms with Crippen molar-refractivity contribution < 1.29 is 9.18 Å². The van der Waals surface area contributed by atoms with E-state index in [1.165, 1.54) is 0 Å². The maximum Gasteiger partial charge on any atom is 0.134 e. The van der Waals surface area contributed by atoms with Crippen LogP contribution < -0.4 is 0 Å². The molecule has 1 fully saturated rings. The molecule has 1 rings (SSSR count). The Labute approximate surface area is 72.7 Å². The minimum Gasteiger partial charge on any atom is -0.300 e. The molecule has 0 bridgehead atoms. The van der Waals surface area contributed by atoms with E-state index in [0.29, 0.717) is 6.54 Å². The molecule has 0 aromatic rings. The fourth-order valence-electron chi connectivity index (χ4n) is 1.71. The molecule has 70 valence electrons. The van der Waals surface area contributed by atoms with E-state index in [1.54, 1.807) is 6.92 Å². The Morgan fingerprint density at radius 3 is 3.00 bits per heavy atom. The van der Waals surface area contributed by atoms with Gasteiger partial charge in [-0.3, -0.25) is 4.79 Å². The number of hydrogen-bond donors (Lipinski definition) is 0. The van der Waals surface area contributed by atoms with Gasteiger partial charge < -0.3 is 4.90 Å². The molecule has 0 aromatic carbocycles. The molecule has 0 saturated carbocycles. The lowest BCUT2D eigenvalue weighted by Crippen LogP contribution is -2.39. The molecule has 3 heteroatoms. The van der Waals surface area contributed by atoms with E-state index >= 15 is 0 Å². The Morgan fingerprint density at radius 2 is 2.42 bits per heavy atom. The summed E-state index contributed by atoms with van der Waals surface area (Å²) in [6, 6.07) is 0. The third-order valence-electron chi connectivity index (χ3n) is 2.48. The monoisotopic (exact) mass is 173 g/mol. The summed E-state index contributed by atoms with van der Waals surface area (Å²) in [4.78, 5) is 13.1. The molecule has 1 aliphatic rings. The van der Waals surface area contributed by atoms with Crippen LogP contribution in [-0.4, -0.2) is 37.0 Å². The number of carbonyl (C=O) groups is 1. The van der Waals surface area contributed by atoms with Gasteiger partial charge in [-0.1, -0.05) is 0 Å². The number of halogens is 1. The highest BCUT2D eigenvalue weighted by molar-refractivity contribution is 5.78. The van der Waals surface area contributed by atoms with Crippen molar-refractivity contribution in [2.75, 3.05) is 26.3 Å². The molecule has 2 nitrogen and oxygen atoms in total. The Hall–Kier alpha value is -0.440. The molecule has 0 amide bonds. The second kappa shape index (κ2) is 4.55. The van der Waals surface area contributed by atoms with Crippen LogP contribution >= 0.6 is 0 Å². The van der Waals surface area contributed by atoms with Gasteiger partial charge in [0.05, 0.1) is 0 Å². The number of carbonyl (C=O) groups excluding carboxylic acids is 1. The molecular weight excluding hydrogens is 157 g/mol. The first-order chi connectivity index (χ1) is 5.74. The van der Waals surface area contributed by atoms with E-state index in [1.807, 2.05) is 4.90 Å². The van der Waals surface area contributed by atoms with Gasteiger partial charge in [-0.25, -0.2) is 4.39 Å². The van der Waals surface area contributed by atoms with E-state index in [-0.39, 0.29) is 18.4 Å². The van der Waals surface area contributed by atoms with Crippen molar-refractivity contribution in [3.63, 3.8) is 0 Å². The maximum absolute atomic E-state index is 12.0. The summed E-state index contributed by atoms with van der Waals surface area (Å²) in [5, 5.41) is 0. The Balaban J connectivity index is 2.35. The third kappa shape index (κ3) is 2.55. The van der Waals surface area contributed by atoms with Gasteiger partial charge in [0, 0.05) is 19.0 Å². The smallest absolute Gasteiger partial charge is 0.134 e. The topological polar surface area (TPSA) is 20.3 Å². The first-order valence-electron chi connectivity index (χ1n) is 4.53. The van der Waals surface area contributed by atoms with Gasteiger partial charge in [0.2, 0.25) is 0 Å². The first kappa shape index (κ1) is 9.65. The van der Waals surface area contributed by atoms with Gasteiger partial charge in [0.1, 0.15) is 12.5 Å². The number of likely N-dealkylation sites (tertiary alicyclic amines) is 1. The minimum atomic E-state index is -0.301. The first-order valence-corrected chi connectivity index (χ1v) is 4.53. The maximum atomic E-state index is 12.0. The Kier molecular flexibility index (Phi) is 3.66. The van der Waals surface area contributed by atoms with Gasteiger partial charge in [-0.15, -0.1) is 0 Å². The molecule has 1 atom stereocenters. The molecule has 0 radical (unpaired) electrons. The van der Waals surface area contributed by atoms with Crippen LogP contribution in [0.5, 0.6) is 0 Å². The molecule has 1 unspecified atom stereocenters. The highest BCUT2D eigenvalue weighted by Crippen LogP contribution is 2.16. The van der Waals surface area contributed by atoms with E-state index in [4.69, 9.17) is 0 Å². The van der Waals surface area contributed by atoms with Crippen LogP contribution in [0.1, 0.15) is 19.8 Å². The summed E-state index contributed by atoms with van der Waals surface area (Å²) in [6.45, 7) is 3.53. The van der Waals surface area contributed by atoms with Crippen LogP contribution in [0.3, 0.4) is 0 Å². The third-order valence-corrected chi connectivity index (χ3v) is 2.48. The minimum absolute atomic E-state index is 0.158. The zero-order valence-electron chi connectivity index (χ0n) is 7.55. The van der Waals surface area contributed by atoms with Crippen LogP contribution in [0.2, 0.25) is 0 Å². The number of Topliss-reactive ketones (excluding diaryl/α,β-unsaturated/α-hetero) is 1. The van der Waals surface area contributed by atoms with Crippen molar-refractivity contribution >= 4 is 5.78 Å². The molecule has 1 aliphatic heterocycles. The highest BCUT2D eigenvalue weighted by atomic mass is 19.1. The van der Waals surface area contributed by atoms with E-state index in [2.05, 4.69) is 0 Å². The largest absolute Gasteiger partial charge is 0.300 e. The summed E-state index contributed by atoms with van der Waals surface area (Å²) in [5.74, 6) is 0.406. The van der Waals surface area contributed by atoms with E-state index in [9.17, 15) is 9.18 Å². The fraction of sp³-hybridized carbons (Fsp3) is 0.889. The average Bonchev–Trinajstić information content (AvgIpc) is 2.05. The van der Waals surface area contributed by atoms with Crippen molar-refractivity contribution in [1.82, 2.24) is 4.90 Å². The lowest BCUT2D eigenvalue weighted by atomic mass is 9.95. The zero-order valence-corrected chi connectivity index (χ0v) is 7.55. The number of rotatable bonds is 3. The van der Waals surface area contributed by atoms with E-state index < -0.39 is 0 Å². The van der Waals surface area contributed by atoms with Gasteiger partial charge in [0.25, 0.3) is 0 Å². The van der Waals surface area contributed by atoms with Crippen molar-refractivity contribution in [2.45, 2.75) is 19.8 Å². The van der Waals surface area contributed by atoms with Crippen molar-refractivity contribution in [3.05, 3.63) is 0 Å². The predicted octanol–water partition coefficient (Wildman–Crippen LogP) is 1.26. The summed E-state index contributed by atoms with van der Waals surface area (Å²) >= 11 is 0. The van der Waals surface area contributed by atoms with Crippen molar-refractivity contribution in [3.8, 4) is 0 Å². The molecule has 0 N–H and O–H groups in total. The number of ketones is 1. The van der Waals surface area contributed by atoms with Crippen LogP contribution in [0.15, 0.2) is 0 Å². The lowest BCUT2D eigenvalue weighted by molar-refractivity contribution is -0.122. The van der Waals surface area contributed by atoms with Crippen LogP contribution in [0, 0.1) is 5.92 Å². The second-order valence-electron chi connectivity index (χ2n) is 3.44. The number of nitrogens with zero attached hydrogens (tertiary/aromatic N) is 1. The highest BCUT2D eigenvalue weighted by Gasteiger charge is 2.22. The fourth-order valence-corrected chi connectivity index (χ4v) is 1.71. The van der Waals surface area contributed by atoms with Gasteiger partial charge in [-0.05, 0) is 26.3 Å². The van der Waals surface area contributed by atoms with E-state index in [0.717, 1.165) is 25.9 Å². The Morgan fingerprint density at radius 1 is 1.67 bits per heavy atom. The van der Waals surface area contributed by atoms with Crippen LogP contribution in [0.25, 0.3) is 0 Å². The normalized spacial score (nSPS) is 25.7. The van der Waals surface area contributed by atoms with Gasteiger partial charge in [0.15, 0.2) is 0 Å². The van der Waals surface area contributed by atoms with Crippen molar-refractivity contribution in [2.24, 2.45) is 5.92 Å². The molecule has 1 saturated heterocycles. The van der Waals surface area contributed by atoms with Gasteiger partial charge >= 0.3 is 0 Å². The molecule has 0 aromatic heterocycles. The van der Waals surface area contributed by atoms with Crippen molar-refractivity contribution in [1.29, 1.82) is 0 Å². The number of alkyl halides is 1. The van der Waals surface area contributed by atoms with Crippen LogP contribution in [0.4, 0.5) is 4.39 Å². The quantitative estimate of drug-likeness (QED) is 0.640. The standard InChI is InChI=1S/C9H16FNO/c1-8(12)9-3-2-5-11(7-9)6-4-10/h9H,2-7H2,1H3.